The molecule has 3 rings (SSSR count). The van der Waals surface area contributed by atoms with Crippen molar-refractivity contribution in [2.45, 2.75) is 23.8 Å². The number of carbonyl (C=O) groups excluding carboxylic acids is 1. The van der Waals surface area contributed by atoms with Crippen molar-refractivity contribution in [3.8, 4) is 0 Å². The van der Waals surface area contributed by atoms with Gasteiger partial charge in [0.25, 0.3) is 0 Å². The average molecular weight is 406 g/mol. The summed E-state index contributed by atoms with van der Waals surface area (Å²) < 4.78 is 32.6. The molecule has 0 bridgehead atoms. The zero-order valence-electron chi connectivity index (χ0n) is 16.2. The molecular weight excluding hydrogens is 378 g/mol. The molecule has 1 saturated heterocycles. The highest BCUT2D eigenvalue weighted by Crippen LogP contribution is 2.24. The van der Waals surface area contributed by atoms with E-state index >= 15 is 0 Å². The summed E-state index contributed by atoms with van der Waals surface area (Å²) >= 11 is 0. The number of amides is 1. The summed E-state index contributed by atoms with van der Waals surface area (Å²) in [5.74, 6) is 0.306. The highest BCUT2D eigenvalue weighted by Gasteiger charge is 2.33. The van der Waals surface area contributed by atoms with Crippen LogP contribution in [0.4, 0.5) is 0 Å². The van der Waals surface area contributed by atoms with Crippen molar-refractivity contribution in [3.05, 3.63) is 54.5 Å². The van der Waals surface area contributed by atoms with E-state index in [0.29, 0.717) is 25.9 Å². The first kappa shape index (κ1) is 20.6. The van der Waals surface area contributed by atoms with Crippen molar-refractivity contribution in [2.24, 2.45) is 5.92 Å². The summed E-state index contributed by atoms with van der Waals surface area (Å²) in [6, 6.07) is 12.0. The molecule has 2 aromatic rings. The maximum absolute atomic E-state index is 12.8. The average Bonchev–Trinajstić information content (AvgIpc) is 3.23. The van der Waals surface area contributed by atoms with E-state index in [9.17, 15) is 13.2 Å². The minimum Gasteiger partial charge on any atom is -0.468 e. The number of sulfonamides is 1. The first-order chi connectivity index (χ1) is 13.4. The quantitative estimate of drug-likeness (QED) is 0.763. The van der Waals surface area contributed by atoms with E-state index in [0.717, 1.165) is 5.76 Å². The van der Waals surface area contributed by atoms with Crippen LogP contribution in [0.5, 0.6) is 0 Å². The fourth-order valence-corrected chi connectivity index (χ4v) is 5.02. The SMILES string of the molecule is CN(C)C(CNC(=O)C1CCCN(S(=O)(=O)c2ccccc2)C1)c1ccco1. The predicted octanol–water partition coefficient (Wildman–Crippen LogP) is 2.10. The largest absolute Gasteiger partial charge is 0.468 e. The first-order valence-corrected chi connectivity index (χ1v) is 10.9. The zero-order chi connectivity index (χ0) is 20.1. The predicted molar refractivity (Wildman–Crippen MR) is 106 cm³/mol. The summed E-state index contributed by atoms with van der Waals surface area (Å²) in [5.41, 5.74) is 0. The van der Waals surface area contributed by atoms with E-state index in [1.165, 1.54) is 4.31 Å². The molecule has 7 nitrogen and oxygen atoms in total. The number of furan rings is 1. The van der Waals surface area contributed by atoms with Crippen LogP contribution in [-0.2, 0) is 14.8 Å². The molecule has 1 aromatic carbocycles. The van der Waals surface area contributed by atoms with Crippen LogP contribution in [-0.4, -0.2) is 57.3 Å². The minimum absolute atomic E-state index is 0.0771. The Hall–Kier alpha value is -2.16. The van der Waals surface area contributed by atoms with Crippen molar-refractivity contribution >= 4 is 15.9 Å². The molecule has 1 aliphatic heterocycles. The fourth-order valence-electron chi connectivity index (χ4n) is 3.48. The van der Waals surface area contributed by atoms with Gasteiger partial charge in [-0.1, -0.05) is 18.2 Å². The highest BCUT2D eigenvalue weighted by atomic mass is 32.2. The molecule has 1 fully saturated rings. The van der Waals surface area contributed by atoms with Gasteiger partial charge < -0.3 is 9.73 Å². The van der Waals surface area contributed by atoms with E-state index in [2.05, 4.69) is 5.32 Å². The Bertz CT molecular complexity index is 866. The third-order valence-electron chi connectivity index (χ3n) is 5.10. The number of likely N-dealkylation sites (N-methyl/N-ethyl adjacent to an activating group) is 1. The number of rotatable bonds is 7. The molecule has 28 heavy (non-hydrogen) atoms. The van der Waals surface area contributed by atoms with Crippen molar-refractivity contribution in [3.63, 3.8) is 0 Å². The van der Waals surface area contributed by atoms with Crippen LogP contribution in [0.2, 0.25) is 0 Å². The van der Waals surface area contributed by atoms with Gasteiger partial charge >= 0.3 is 0 Å². The van der Waals surface area contributed by atoms with Gasteiger partial charge in [0.15, 0.2) is 0 Å². The normalized spacial score (nSPS) is 19.5. The molecule has 1 aromatic heterocycles. The molecule has 0 spiro atoms. The van der Waals surface area contributed by atoms with E-state index in [1.807, 2.05) is 31.1 Å². The number of nitrogens with zero attached hydrogens (tertiary/aromatic N) is 2. The highest BCUT2D eigenvalue weighted by molar-refractivity contribution is 7.89. The smallest absolute Gasteiger partial charge is 0.243 e. The zero-order valence-corrected chi connectivity index (χ0v) is 17.1. The third kappa shape index (κ3) is 4.63. The monoisotopic (exact) mass is 405 g/mol. The lowest BCUT2D eigenvalue weighted by molar-refractivity contribution is -0.126. The first-order valence-electron chi connectivity index (χ1n) is 9.42. The molecular formula is C20H27N3O4S. The standard InChI is InChI=1S/C20H27N3O4S/c1-22(2)18(19-11-7-13-27-19)14-21-20(24)16-8-6-12-23(15-16)28(25,26)17-9-4-3-5-10-17/h3-5,7,9-11,13,16,18H,6,8,12,14-15H2,1-2H3,(H,21,24). The van der Waals surface area contributed by atoms with Gasteiger partial charge in [0.05, 0.1) is 23.1 Å². The van der Waals surface area contributed by atoms with Crippen molar-refractivity contribution in [2.75, 3.05) is 33.7 Å². The molecule has 0 saturated carbocycles. The fraction of sp³-hybridized carbons (Fsp3) is 0.450. The molecule has 1 amide bonds. The minimum atomic E-state index is -3.58. The van der Waals surface area contributed by atoms with Gasteiger partial charge in [0.2, 0.25) is 15.9 Å². The maximum atomic E-state index is 12.8. The number of hydrogen-bond acceptors (Lipinski definition) is 5. The lowest BCUT2D eigenvalue weighted by Crippen LogP contribution is -2.46. The summed E-state index contributed by atoms with van der Waals surface area (Å²) in [6.07, 6.45) is 2.96. The number of carbonyl (C=O) groups is 1. The summed E-state index contributed by atoms with van der Waals surface area (Å²) in [4.78, 5) is 15.0. The van der Waals surface area contributed by atoms with E-state index in [4.69, 9.17) is 4.42 Å². The molecule has 2 heterocycles. The van der Waals surface area contributed by atoms with Crippen LogP contribution in [0.15, 0.2) is 58.0 Å². The number of nitrogens with one attached hydrogen (secondary N) is 1. The van der Waals surface area contributed by atoms with Gasteiger partial charge in [-0.15, -0.1) is 0 Å². The van der Waals surface area contributed by atoms with Crippen LogP contribution in [0.1, 0.15) is 24.6 Å². The summed E-state index contributed by atoms with van der Waals surface area (Å²) in [6.45, 7) is 1.05. The Kier molecular flexibility index (Phi) is 6.53. The molecule has 8 heteroatoms. The van der Waals surface area contributed by atoms with Gasteiger partial charge in [-0.3, -0.25) is 9.69 Å². The second-order valence-corrected chi connectivity index (χ2v) is 9.19. The van der Waals surface area contributed by atoms with Gasteiger partial charge in [-0.05, 0) is 51.2 Å². The Morgan fingerprint density at radius 2 is 2.00 bits per heavy atom. The van der Waals surface area contributed by atoms with Gasteiger partial charge in [-0.2, -0.15) is 4.31 Å². The Morgan fingerprint density at radius 3 is 2.64 bits per heavy atom. The Labute approximate surface area is 166 Å². The number of piperidine rings is 1. The third-order valence-corrected chi connectivity index (χ3v) is 6.98. The second kappa shape index (κ2) is 8.89. The summed E-state index contributed by atoms with van der Waals surface area (Å²) in [7, 11) is 0.271. The van der Waals surface area contributed by atoms with Crippen LogP contribution >= 0.6 is 0 Å². The van der Waals surface area contributed by atoms with Crippen LogP contribution in [0.25, 0.3) is 0 Å². The van der Waals surface area contributed by atoms with E-state index in [1.54, 1.807) is 36.6 Å². The topological polar surface area (TPSA) is 82.9 Å². The maximum Gasteiger partial charge on any atom is 0.243 e. The van der Waals surface area contributed by atoms with E-state index in [-0.39, 0.29) is 29.3 Å². The van der Waals surface area contributed by atoms with Gasteiger partial charge in [0.1, 0.15) is 5.76 Å². The van der Waals surface area contributed by atoms with Crippen molar-refractivity contribution in [1.29, 1.82) is 0 Å². The molecule has 0 aliphatic carbocycles. The van der Waals surface area contributed by atoms with Gasteiger partial charge in [-0.25, -0.2) is 8.42 Å². The Balaban J connectivity index is 1.63. The lowest BCUT2D eigenvalue weighted by Gasteiger charge is -2.32. The summed E-state index contributed by atoms with van der Waals surface area (Å²) in [5, 5.41) is 2.97. The van der Waals surface area contributed by atoms with Crippen LogP contribution < -0.4 is 5.32 Å². The number of hydrogen-bond donors (Lipinski definition) is 1. The molecule has 2 atom stereocenters. The van der Waals surface area contributed by atoms with Crippen molar-refractivity contribution in [1.82, 2.24) is 14.5 Å². The number of benzene rings is 1. The van der Waals surface area contributed by atoms with E-state index < -0.39 is 10.0 Å². The van der Waals surface area contributed by atoms with Crippen LogP contribution in [0, 0.1) is 5.92 Å². The van der Waals surface area contributed by atoms with Gasteiger partial charge in [0, 0.05) is 19.6 Å². The Morgan fingerprint density at radius 1 is 1.25 bits per heavy atom. The molecule has 1 N–H and O–H groups in total. The lowest BCUT2D eigenvalue weighted by atomic mass is 9.98. The molecule has 0 radical (unpaired) electrons. The van der Waals surface area contributed by atoms with Crippen LogP contribution in [0.3, 0.4) is 0 Å². The molecule has 2 unspecified atom stereocenters. The molecule has 152 valence electrons. The molecule has 1 aliphatic rings. The van der Waals surface area contributed by atoms with Crippen molar-refractivity contribution < 1.29 is 17.6 Å². The second-order valence-electron chi connectivity index (χ2n) is 7.26.